The topological polar surface area (TPSA) is 18.5 Å². The molecule has 2 nitrogen and oxygen atoms in total. The zero-order valence-electron chi connectivity index (χ0n) is 6.51. The van der Waals surface area contributed by atoms with Crippen LogP contribution in [-0.4, -0.2) is 13.9 Å². The summed E-state index contributed by atoms with van der Waals surface area (Å²) in [5.41, 5.74) is 0. The molecule has 0 spiro atoms. The largest absolute Gasteiger partial charge is 0.464 e. The lowest BCUT2D eigenvalue weighted by Gasteiger charge is -2.05. The van der Waals surface area contributed by atoms with Gasteiger partial charge in [-0.25, -0.2) is 4.39 Å². The fourth-order valence-corrected chi connectivity index (χ4v) is 1.17. The van der Waals surface area contributed by atoms with Gasteiger partial charge < -0.3 is 9.47 Å². The summed E-state index contributed by atoms with van der Waals surface area (Å²) in [4.78, 5) is 0. The molecule has 0 unspecified atom stereocenters. The molecule has 0 radical (unpaired) electrons. The van der Waals surface area contributed by atoms with Gasteiger partial charge >= 0.3 is 0 Å². The normalized spacial score (nSPS) is 9.92. The van der Waals surface area contributed by atoms with E-state index in [4.69, 9.17) is 4.74 Å². The molecule has 0 N–H and O–H groups in total. The number of halogens is 2. The summed E-state index contributed by atoms with van der Waals surface area (Å²) >= 11 is 2.03. The quantitative estimate of drug-likeness (QED) is 0.626. The molecule has 0 heterocycles. The van der Waals surface area contributed by atoms with E-state index in [9.17, 15) is 4.39 Å². The van der Waals surface area contributed by atoms with Crippen molar-refractivity contribution >= 4 is 22.6 Å². The van der Waals surface area contributed by atoms with Crippen LogP contribution in [0.15, 0.2) is 18.2 Å². The van der Waals surface area contributed by atoms with E-state index in [0.717, 1.165) is 3.57 Å². The molecule has 0 fully saturated rings. The lowest BCUT2D eigenvalue weighted by Crippen LogP contribution is -2.00. The first-order valence-corrected chi connectivity index (χ1v) is 4.38. The maximum atomic E-state index is 13.0. The van der Waals surface area contributed by atoms with E-state index in [0.29, 0.717) is 0 Å². The van der Waals surface area contributed by atoms with Gasteiger partial charge in [0.25, 0.3) is 0 Å². The van der Waals surface area contributed by atoms with Gasteiger partial charge in [-0.15, -0.1) is 0 Å². The van der Waals surface area contributed by atoms with E-state index in [2.05, 4.69) is 4.74 Å². The number of benzene rings is 1. The predicted molar refractivity (Wildman–Crippen MR) is 51.6 cm³/mol. The maximum absolute atomic E-state index is 13.0. The highest BCUT2D eigenvalue weighted by molar-refractivity contribution is 14.1. The second-order valence-corrected chi connectivity index (χ2v) is 3.37. The molecule has 0 saturated carbocycles. The smallest absolute Gasteiger partial charge is 0.188 e. The van der Waals surface area contributed by atoms with Gasteiger partial charge in [0.1, 0.15) is 0 Å². The van der Waals surface area contributed by atoms with Crippen LogP contribution in [0.25, 0.3) is 0 Å². The molecule has 0 aliphatic carbocycles. The van der Waals surface area contributed by atoms with E-state index in [1.54, 1.807) is 12.1 Å². The van der Waals surface area contributed by atoms with Crippen LogP contribution in [0, 0.1) is 9.39 Å². The van der Waals surface area contributed by atoms with Crippen molar-refractivity contribution in [1.82, 2.24) is 0 Å². The number of ether oxygens (including phenoxy) is 2. The van der Waals surface area contributed by atoms with Gasteiger partial charge in [-0.3, -0.25) is 0 Å². The van der Waals surface area contributed by atoms with Crippen LogP contribution < -0.4 is 4.74 Å². The SMILES string of the molecule is COCOc1ccc(I)cc1F. The number of methoxy groups -OCH3 is 1. The van der Waals surface area contributed by atoms with Gasteiger partial charge in [-0.1, -0.05) is 0 Å². The van der Waals surface area contributed by atoms with Crippen LogP contribution in [0.1, 0.15) is 0 Å². The molecule has 0 bridgehead atoms. The van der Waals surface area contributed by atoms with Crippen LogP contribution in [0.3, 0.4) is 0 Å². The Bertz CT molecular complexity index is 265. The Hall–Kier alpha value is -0.360. The molecule has 1 aromatic carbocycles. The summed E-state index contributed by atoms with van der Waals surface area (Å²) < 4.78 is 23.4. The first kappa shape index (κ1) is 9.73. The number of hydrogen-bond acceptors (Lipinski definition) is 2. The summed E-state index contributed by atoms with van der Waals surface area (Å²) in [6.07, 6.45) is 0. The van der Waals surface area contributed by atoms with Crippen LogP contribution in [0.2, 0.25) is 0 Å². The third-order valence-corrected chi connectivity index (χ3v) is 1.90. The Morgan fingerprint density at radius 3 is 2.83 bits per heavy atom. The van der Waals surface area contributed by atoms with Crippen molar-refractivity contribution in [2.24, 2.45) is 0 Å². The summed E-state index contributed by atoms with van der Waals surface area (Å²) in [7, 11) is 1.49. The highest BCUT2D eigenvalue weighted by atomic mass is 127. The molecular formula is C8H8FIO2. The second-order valence-electron chi connectivity index (χ2n) is 2.13. The molecule has 0 atom stereocenters. The summed E-state index contributed by atoms with van der Waals surface area (Å²) in [5.74, 6) is -0.142. The van der Waals surface area contributed by atoms with E-state index in [1.807, 2.05) is 22.6 Å². The standard InChI is InChI=1S/C8H8FIO2/c1-11-5-12-8-3-2-6(10)4-7(8)9/h2-4H,5H2,1H3. The Morgan fingerprint density at radius 1 is 1.50 bits per heavy atom. The third kappa shape index (κ3) is 2.60. The van der Waals surface area contributed by atoms with E-state index in [-0.39, 0.29) is 18.4 Å². The van der Waals surface area contributed by atoms with E-state index < -0.39 is 0 Å². The van der Waals surface area contributed by atoms with Crippen LogP contribution >= 0.6 is 22.6 Å². The molecule has 0 aliphatic rings. The Labute approximate surface area is 83.8 Å². The van der Waals surface area contributed by atoms with Crippen molar-refractivity contribution in [2.45, 2.75) is 0 Å². The highest BCUT2D eigenvalue weighted by Crippen LogP contribution is 2.18. The van der Waals surface area contributed by atoms with Crippen LogP contribution in [0.5, 0.6) is 5.75 Å². The molecule has 12 heavy (non-hydrogen) atoms. The van der Waals surface area contributed by atoms with Crippen molar-refractivity contribution in [3.63, 3.8) is 0 Å². The van der Waals surface area contributed by atoms with Crippen LogP contribution in [0.4, 0.5) is 4.39 Å². The highest BCUT2D eigenvalue weighted by Gasteiger charge is 2.02. The minimum absolute atomic E-state index is 0.0670. The Balaban J connectivity index is 2.72. The first-order chi connectivity index (χ1) is 5.74. The molecule has 0 aromatic heterocycles. The molecule has 4 heteroatoms. The molecule has 66 valence electrons. The minimum Gasteiger partial charge on any atom is -0.464 e. The van der Waals surface area contributed by atoms with Crippen molar-refractivity contribution in [3.05, 3.63) is 27.6 Å². The van der Waals surface area contributed by atoms with Gasteiger partial charge in [0.05, 0.1) is 0 Å². The average molecular weight is 282 g/mol. The molecular weight excluding hydrogens is 274 g/mol. The van der Waals surface area contributed by atoms with Gasteiger partial charge in [-0.2, -0.15) is 0 Å². The zero-order valence-corrected chi connectivity index (χ0v) is 8.67. The minimum atomic E-state index is -0.362. The third-order valence-electron chi connectivity index (χ3n) is 1.23. The zero-order chi connectivity index (χ0) is 8.97. The van der Waals surface area contributed by atoms with Crippen molar-refractivity contribution in [2.75, 3.05) is 13.9 Å². The van der Waals surface area contributed by atoms with Gasteiger partial charge in [0, 0.05) is 10.7 Å². The van der Waals surface area contributed by atoms with Crippen molar-refractivity contribution in [3.8, 4) is 5.75 Å². The molecule has 1 aromatic rings. The number of hydrogen-bond donors (Lipinski definition) is 0. The Morgan fingerprint density at radius 2 is 2.25 bits per heavy atom. The lowest BCUT2D eigenvalue weighted by molar-refractivity contribution is 0.0483. The number of rotatable bonds is 3. The van der Waals surface area contributed by atoms with E-state index >= 15 is 0 Å². The van der Waals surface area contributed by atoms with E-state index in [1.165, 1.54) is 13.2 Å². The predicted octanol–water partition coefficient (Wildman–Crippen LogP) is 2.41. The van der Waals surface area contributed by atoms with Gasteiger partial charge in [-0.05, 0) is 40.8 Å². The van der Waals surface area contributed by atoms with Gasteiger partial charge in [0.2, 0.25) is 0 Å². The Kier molecular flexibility index (Phi) is 3.74. The van der Waals surface area contributed by atoms with Gasteiger partial charge in [0.15, 0.2) is 18.4 Å². The molecule has 0 amide bonds. The fourth-order valence-electron chi connectivity index (χ4n) is 0.715. The lowest BCUT2D eigenvalue weighted by atomic mass is 10.3. The molecule has 0 saturated heterocycles. The maximum Gasteiger partial charge on any atom is 0.188 e. The van der Waals surface area contributed by atoms with Crippen molar-refractivity contribution < 1.29 is 13.9 Å². The molecule has 0 aliphatic heterocycles. The summed E-state index contributed by atoms with van der Waals surface area (Å²) in [5, 5.41) is 0. The fraction of sp³-hybridized carbons (Fsp3) is 0.250. The van der Waals surface area contributed by atoms with Crippen LogP contribution in [-0.2, 0) is 4.74 Å². The van der Waals surface area contributed by atoms with Crippen molar-refractivity contribution in [1.29, 1.82) is 0 Å². The average Bonchev–Trinajstić information content (AvgIpc) is 2.03. The summed E-state index contributed by atoms with van der Waals surface area (Å²) in [6.45, 7) is 0.0670. The summed E-state index contributed by atoms with van der Waals surface area (Å²) in [6, 6.07) is 4.76. The molecule has 1 rings (SSSR count). The first-order valence-electron chi connectivity index (χ1n) is 3.31. The monoisotopic (exact) mass is 282 g/mol. The second kappa shape index (κ2) is 4.61.